The van der Waals surface area contributed by atoms with Crippen molar-refractivity contribution >= 4 is 71.3 Å². The third-order valence-corrected chi connectivity index (χ3v) is 13.9. The molecular formula is C55H82F4N14O21. The van der Waals surface area contributed by atoms with Crippen LogP contribution >= 0.6 is 0 Å². The fourth-order valence-electron chi connectivity index (χ4n) is 8.82. The van der Waals surface area contributed by atoms with Gasteiger partial charge in [-0.15, -0.1) is 0 Å². The smallest absolute Gasteiger partial charge is 0.412 e. The number of aliphatic hydroxyl groups is 4. The predicted molar refractivity (Wildman–Crippen MR) is 315 cm³/mol. The van der Waals surface area contributed by atoms with Gasteiger partial charge >= 0.3 is 41.5 Å². The van der Waals surface area contributed by atoms with Gasteiger partial charge in [-0.05, 0) is 65.0 Å². The summed E-state index contributed by atoms with van der Waals surface area (Å²) in [6.07, 6.45) is -15.1. The molecule has 94 heavy (non-hydrogen) atoms. The van der Waals surface area contributed by atoms with Gasteiger partial charge in [0.25, 0.3) is 0 Å². The van der Waals surface area contributed by atoms with Gasteiger partial charge in [0.15, 0.2) is 12.2 Å². The Labute approximate surface area is 534 Å². The first kappa shape index (κ1) is 77.8. The average Bonchev–Trinajstić information content (AvgIpc) is 1.62. The Kier molecular flexibility index (Phi) is 29.0. The van der Waals surface area contributed by atoms with Crippen molar-refractivity contribution in [1.29, 1.82) is 0 Å². The van der Waals surface area contributed by atoms with Crippen LogP contribution in [0.4, 0.5) is 43.6 Å². The third-order valence-electron chi connectivity index (χ3n) is 13.9. The monoisotopic (exact) mass is 1350 g/mol. The van der Waals surface area contributed by atoms with E-state index in [-0.39, 0.29) is 45.6 Å². The van der Waals surface area contributed by atoms with Gasteiger partial charge < -0.3 is 86.2 Å². The maximum Gasteiger partial charge on any atom is 0.412 e. The van der Waals surface area contributed by atoms with E-state index in [1.165, 1.54) is 18.7 Å². The summed E-state index contributed by atoms with van der Waals surface area (Å²) >= 11 is 0. The van der Waals surface area contributed by atoms with E-state index in [0.717, 1.165) is 24.5 Å². The number of nitrogens with one attached hydrogen (secondary N) is 9. The number of nitrogens with zero attached hydrogens (tertiary/aromatic N) is 5. The van der Waals surface area contributed by atoms with Crippen LogP contribution in [0, 0.1) is 11.8 Å². The summed E-state index contributed by atoms with van der Waals surface area (Å²) < 4.78 is 83.8. The zero-order valence-corrected chi connectivity index (χ0v) is 52.9. The van der Waals surface area contributed by atoms with Crippen molar-refractivity contribution in [3.63, 3.8) is 0 Å². The molecule has 0 radical (unpaired) electrons. The first-order chi connectivity index (χ1) is 43.9. The molecule has 35 nitrogen and oxygen atoms in total. The highest BCUT2D eigenvalue weighted by Crippen LogP contribution is 2.43. The molecule has 10 amide bonds. The molecule has 2 aromatic heterocycles. The van der Waals surface area contributed by atoms with Crippen LogP contribution in [0.5, 0.6) is 0 Å². The van der Waals surface area contributed by atoms with Crippen LogP contribution in [0.25, 0.3) is 0 Å². The van der Waals surface area contributed by atoms with Crippen LogP contribution in [0.15, 0.2) is 34.1 Å². The highest BCUT2D eigenvalue weighted by atomic mass is 19.3. The second kappa shape index (κ2) is 35.0. The maximum atomic E-state index is 14.5. The van der Waals surface area contributed by atoms with Crippen LogP contribution in [-0.4, -0.2) is 229 Å². The van der Waals surface area contributed by atoms with Crippen LogP contribution in [0.3, 0.4) is 0 Å². The number of alkyl halides is 4. The van der Waals surface area contributed by atoms with Gasteiger partial charge in [-0.2, -0.15) is 27.5 Å². The van der Waals surface area contributed by atoms with Gasteiger partial charge in [0.1, 0.15) is 66.8 Å². The molecule has 4 heterocycles. The molecule has 0 spiro atoms. The number of aromatic nitrogens is 4. The van der Waals surface area contributed by atoms with Gasteiger partial charge in [-0.25, -0.2) is 24.0 Å². The minimum absolute atomic E-state index is 0.0118. The van der Waals surface area contributed by atoms with E-state index in [0.29, 0.717) is 9.13 Å². The molecule has 0 bridgehead atoms. The SMILES string of the molecule is CC(C)[C@H](NC(=O)CCN(CCC(=O)N[C@H](C(=O)N[C@@H](C)C(=O)NCCOC(=O)Nc1ccn([C@@H]2O[C@H](CO)[C@@H](O)C2(F)F)c(=O)n1)C(C)C)C(=O)CCCNC(=O)OC(C)(C)C)C(=O)N[C@@H](C)C(=O)NCCOC(=O)Nc1ccn([C@@H]2O[C@H](CO)[C@@H](O)C2(F)F)c(=O)n1. The van der Waals surface area contributed by atoms with Crippen molar-refractivity contribution in [2.75, 3.05) is 69.8 Å². The van der Waals surface area contributed by atoms with E-state index in [1.54, 1.807) is 48.5 Å². The molecule has 39 heteroatoms. The molecule has 2 fully saturated rings. The van der Waals surface area contributed by atoms with E-state index in [4.69, 9.17) is 23.7 Å². The molecule has 2 aliphatic rings. The van der Waals surface area contributed by atoms with Crippen LogP contribution in [0.2, 0.25) is 0 Å². The van der Waals surface area contributed by atoms with E-state index < -0.39 is 212 Å². The standard InChI is InChI=1S/C55H82F4N14O21/c1-27(2)38(44(83)63-29(5)42(81)60-17-23-90-51(88)67-33-12-21-72(48(85)65-33)46-54(56,57)40(79)31(25-74)92-46)69-35(76)14-19-71(37(78)11-10-16-62-50(87)94-53(7,8)9)20-15-36(77)70-39(28(3)4)45(84)64-30(6)43(82)61-18-24-91-52(89)68-34-13-22-73(49(86)66-34)47-55(58,59)41(80)32(26-75)93-47/h12-13,21-22,27-32,38-41,46-47,74-75,79-80H,10-11,14-20,23-26H2,1-9H3,(H,60,81)(H,61,82)(H,62,87)(H,63,83)(H,64,84)(H,69,76)(H,70,77)(H,65,67,85,88)(H,66,68,86,89)/t29-,30-,31+,32+,38-,39-,40+,41+,46+,47+/m0/s1. The molecule has 10 atom stereocenters. The second-order valence-corrected chi connectivity index (χ2v) is 23.2. The molecule has 0 unspecified atom stereocenters. The average molecular weight is 1350 g/mol. The van der Waals surface area contributed by atoms with Gasteiger partial charge in [-0.3, -0.25) is 53.3 Å². The van der Waals surface area contributed by atoms with Crippen molar-refractivity contribution in [1.82, 2.24) is 61.2 Å². The van der Waals surface area contributed by atoms with Crippen molar-refractivity contribution < 1.29 is 110 Å². The number of ether oxygens (including phenoxy) is 5. The lowest BCUT2D eigenvalue weighted by molar-refractivity contribution is -0.141. The molecule has 13 N–H and O–H groups in total. The number of alkyl carbamates (subject to hydrolysis) is 1. The Balaban J connectivity index is 1.25. The number of anilines is 2. The Morgan fingerprint density at radius 3 is 1.33 bits per heavy atom. The number of rotatable bonds is 32. The summed E-state index contributed by atoms with van der Waals surface area (Å²) in [6.45, 7) is 10.1. The quantitative estimate of drug-likeness (QED) is 0.0210. The summed E-state index contributed by atoms with van der Waals surface area (Å²) in [5.74, 6) is -14.9. The molecule has 0 aliphatic carbocycles. The van der Waals surface area contributed by atoms with Gasteiger partial charge in [0.05, 0.1) is 26.3 Å². The van der Waals surface area contributed by atoms with E-state index in [1.807, 2.05) is 0 Å². The summed E-state index contributed by atoms with van der Waals surface area (Å²) in [5.41, 5.74) is -3.41. The zero-order chi connectivity index (χ0) is 70.6. The lowest BCUT2D eigenvalue weighted by Gasteiger charge is -2.26. The molecule has 2 saturated heterocycles. The molecule has 4 rings (SSSR count). The van der Waals surface area contributed by atoms with Gasteiger partial charge in [-0.1, -0.05) is 27.7 Å². The largest absolute Gasteiger partial charge is 0.447 e. The number of carbonyl (C=O) groups is 10. The van der Waals surface area contributed by atoms with Crippen molar-refractivity contribution in [2.45, 2.75) is 166 Å². The Bertz CT molecular complexity index is 2940. The van der Waals surface area contributed by atoms with Crippen LogP contribution < -0.4 is 59.2 Å². The number of carbonyl (C=O) groups excluding carboxylic acids is 10. The number of hydrogen-bond acceptors (Lipinski definition) is 23. The Morgan fingerprint density at radius 1 is 0.596 bits per heavy atom. The topological polar surface area (TPSA) is 479 Å². The number of halogens is 4. The first-order valence-electron chi connectivity index (χ1n) is 29.6. The molecule has 526 valence electrons. The van der Waals surface area contributed by atoms with Crippen LogP contribution in [-0.2, 0) is 57.2 Å². The third kappa shape index (κ3) is 22.8. The second-order valence-electron chi connectivity index (χ2n) is 23.2. The fraction of sp³-hybridized carbons (Fsp3) is 0.673. The van der Waals surface area contributed by atoms with E-state index >= 15 is 0 Å². The summed E-state index contributed by atoms with van der Waals surface area (Å²) in [7, 11) is 0. The van der Waals surface area contributed by atoms with Gasteiger partial charge in [0, 0.05) is 51.3 Å². The Hall–Kier alpha value is -8.66. The normalized spacial score (nSPS) is 20.1. The molecular weight excluding hydrogens is 1270 g/mol. The lowest BCUT2D eigenvalue weighted by Crippen LogP contribution is -2.55. The lowest BCUT2D eigenvalue weighted by atomic mass is 10.0. The molecule has 2 aliphatic heterocycles. The highest BCUT2D eigenvalue weighted by molar-refractivity contribution is 5.93. The number of aliphatic hydroxyl groups excluding tert-OH is 4. The summed E-state index contributed by atoms with van der Waals surface area (Å²) in [5, 5.41) is 59.7. The first-order valence-corrected chi connectivity index (χ1v) is 29.6. The van der Waals surface area contributed by atoms with Crippen LogP contribution in [0.1, 0.15) is 100 Å². The molecule has 2 aromatic rings. The zero-order valence-electron chi connectivity index (χ0n) is 52.9. The van der Waals surface area contributed by atoms with Gasteiger partial charge in [0.2, 0.25) is 53.8 Å². The number of hydrogen-bond donors (Lipinski definition) is 13. The summed E-state index contributed by atoms with van der Waals surface area (Å²) in [6, 6.07) is -2.95. The minimum Gasteiger partial charge on any atom is -0.447 e. The minimum atomic E-state index is -3.97. The molecule has 0 saturated carbocycles. The fourth-order valence-corrected chi connectivity index (χ4v) is 8.82. The maximum absolute atomic E-state index is 14.5. The summed E-state index contributed by atoms with van der Waals surface area (Å²) in [4.78, 5) is 163. The van der Waals surface area contributed by atoms with E-state index in [9.17, 15) is 95.5 Å². The Morgan fingerprint density at radius 2 is 0.989 bits per heavy atom. The van der Waals surface area contributed by atoms with Crippen molar-refractivity contribution in [2.24, 2.45) is 11.8 Å². The number of amides is 10. The van der Waals surface area contributed by atoms with E-state index in [2.05, 4.69) is 57.8 Å². The van der Waals surface area contributed by atoms with Crippen molar-refractivity contribution in [3.05, 3.63) is 45.5 Å². The highest BCUT2D eigenvalue weighted by Gasteiger charge is 2.60. The van der Waals surface area contributed by atoms with Crippen molar-refractivity contribution in [3.8, 4) is 0 Å². The molecule has 0 aromatic carbocycles. The predicted octanol–water partition coefficient (Wildman–Crippen LogP) is -2.19.